The van der Waals surface area contributed by atoms with Crippen molar-refractivity contribution in [3.8, 4) is 0 Å². The zero-order valence-corrected chi connectivity index (χ0v) is 20.5. The molecule has 0 spiro atoms. The first-order chi connectivity index (χ1) is 15.0. The van der Waals surface area contributed by atoms with Gasteiger partial charge in [0.15, 0.2) is 0 Å². The molecule has 1 N–H and O–H groups in total. The smallest absolute Gasteiger partial charge is 0.309 e. The van der Waals surface area contributed by atoms with E-state index in [4.69, 9.17) is 4.74 Å². The molecule has 1 rings (SSSR count). The molecule has 2 atom stereocenters. The van der Waals surface area contributed by atoms with E-state index >= 15 is 0 Å². The zero-order valence-electron chi connectivity index (χ0n) is 20.5. The van der Waals surface area contributed by atoms with Crippen molar-refractivity contribution in [2.75, 3.05) is 6.61 Å². The van der Waals surface area contributed by atoms with Crippen molar-refractivity contribution in [1.82, 2.24) is 0 Å². The van der Waals surface area contributed by atoms with Gasteiger partial charge in [0.2, 0.25) is 0 Å². The number of esters is 1. The minimum absolute atomic E-state index is 0.289. The van der Waals surface area contributed by atoms with Gasteiger partial charge in [-0.15, -0.1) is 0 Å². The van der Waals surface area contributed by atoms with Crippen LogP contribution >= 0.6 is 0 Å². The molecular weight excluding hydrogens is 388 g/mol. The van der Waals surface area contributed by atoms with Crippen LogP contribution in [-0.2, 0) is 14.3 Å². The molecule has 1 aliphatic rings. The van der Waals surface area contributed by atoms with Gasteiger partial charge in [-0.25, -0.2) is 0 Å². The first kappa shape index (κ1) is 28.0. The van der Waals surface area contributed by atoms with Crippen molar-refractivity contribution in [3.63, 3.8) is 0 Å². The van der Waals surface area contributed by atoms with Gasteiger partial charge in [0, 0.05) is 0 Å². The molecule has 4 nitrogen and oxygen atoms in total. The Morgan fingerprint density at radius 2 is 1.13 bits per heavy atom. The Kier molecular flexibility index (Phi) is 16.7. The lowest BCUT2D eigenvalue weighted by Crippen LogP contribution is -2.33. The molecule has 31 heavy (non-hydrogen) atoms. The number of carbonyl (C=O) groups excluding carboxylic acids is 1. The number of hydrogen-bond donors (Lipinski definition) is 1. The van der Waals surface area contributed by atoms with E-state index in [1.54, 1.807) is 0 Å². The van der Waals surface area contributed by atoms with Gasteiger partial charge >= 0.3 is 11.9 Å². The fourth-order valence-corrected chi connectivity index (χ4v) is 4.76. The molecule has 0 heterocycles. The van der Waals surface area contributed by atoms with Crippen LogP contribution in [-0.4, -0.2) is 23.7 Å². The summed E-state index contributed by atoms with van der Waals surface area (Å²) in [5, 5.41) is 9.28. The van der Waals surface area contributed by atoms with Crippen LogP contribution in [0.1, 0.15) is 136 Å². The number of carboxylic acids is 1. The van der Waals surface area contributed by atoms with Gasteiger partial charge in [-0.2, -0.15) is 0 Å². The molecule has 2 unspecified atom stereocenters. The molecule has 1 aliphatic carbocycles. The normalized spacial score (nSPS) is 18.9. The van der Waals surface area contributed by atoms with E-state index in [2.05, 4.69) is 13.8 Å². The highest BCUT2D eigenvalue weighted by atomic mass is 16.5. The summed E-state index contributed by atoms with van der Waals surface area (Å²) in [5.74, 6) is -1.26. The van der Waals surface area contributed by atoms with E-state index in [-0.39, 0.29) is 5.97 Å². The van der Waals surface area contributed by atoms with Crippen molar-refractivity contribution in [3.05, 3.63) is 0 Å². The summed E-state index contributed by atoms with van der Waals surface area (Å²) in [4.78, 5) is 23.5. The Bertz CT molecular complexity index is 460. The number of carbonyl (C=O) groups is 2. The molecule has 4 heteroatoms. The van der Waals surface area contributed by atoms with Crippen molar-refractivity contribution in [2.45, 2.75) is 136 Å². The highest BCUT2D eigenvalue weighted by Crippen LogP contribution is 2.31. The molecule has 0 aromatic heterocycles. The molecule has 1 fully saturated rings. The number of hydrogen-bond acceptors (Lipinski definition) is 3. The standard InChI is InChI=1S/C27H50O4/c1-23(2)19-15-13-11-9-7-5-3-4-6-8-10-12-14-18-22-31-27(30)25-21-17-16-20-24(25)26(28)29/h23-25H,3-22H2,1-2H3,(H,28,29). The first-order valence-electron chi connectivity index (χ1n) is 13.4. The van der Waals surface area contributed by atoms with Gasteiger partial charge < -0.3 is 9.84 Å². The molecule has 0 aromatic rings. The van der Waals surface area contributed by atoms with Crippen LogP contribution in [0.25, 0.3) is 0 Å². The van der Waals surface area contributed by atoms with Gasteiger partial charge in [-0.3, -0.25) is 9.59 Å². The third-order valence-corrected chi connectivity index (χ3v) is 6.81. The zero-order chi connectivity index (χ0) is 22.7. The predicted octanol–water partition coefficient (Wildman–Crippen LogP) is 7.93. The van der Waals surface area contributed by atoms with Gasteiger partial charge in [-0.05, 0) is 25.2 Å². The van der Waals surface area contributed by atoms with E-state index in [1.807, 2.05) is 0 Å². The van der Waals surface area contributed by atoms with Gasteiger partial charge in [0.1, 0.15) is 0 Å². The summed E-state index contributed by atoms with van der Waals surface area (Å²) in [5.41, 5.74) is 0. The van der Waals surface area contributed by atoms with E-state index in [0.717, 1.165) is 31.6 Å². The maximum absolute atomic E-state index is 12.2. The lowest BCUT2D eigenvalue weighted by atomic mass is 9.79. The van der Waals surface area contributed by atoms with Crippen molar-refractivity contribution in [2.24, 2.45) is 17.8 Å². The maximum Gasteiger partial charge on any atom is 0.309 e. The third-order valence-electron chi connectivity index (χ3n) is 6.81. The van der Waals surface area contributed by atoms with Crippen LogP contribution in [0.5, 0.6) is 0 Å². The van der Waals surface area contributed by atoms with E-state index in [1.165, 1.54) is 83.5 Å². The topological polar surface area (TPSA) is 63.6 Å². The van der Waals surface area contributed by atoms with Crippen molar-refractivity contribution < 1.29 is 19.4 Å². The van der Waals surface area contributed by atoms with Gasteiger partial charge in [-0.1, -0.05) is 117 Å². The maximum atomic E-state index is 12.2. The Balaban J connectivity index is 1.83. The average molecular weight is 439 g/mol. The fourth-order valence-electron chi connectivity index (χ4n) is 4.76. The molecule has 0 radical (unpaired) electrons. The molecule has 0 amide bonds. The quantitative estimate of drug-likeness (QED) is 0.164. The van der Waals surface area contributed by atoms with Crippen LogP contribution < -0.4 is 0 Å². The summed E-state index contributed by atoms with van der Waals surface area (Å²) in [6.07, 6.45) is 22.9. The fraction of sp³-hybridized carbons (Fsp3) is 0.926. The minimum atomic E-state index is -0.848. The molecular formula is C27H50O4. The number of aliphatic carboxylic acids is 1. The van der Waals surface area contributed by atoms with Crippen molar-refractivity contribution >= 4 is 11.9 Å². The Morgan fingerprint density at radius 1 is 0.710 bits per heavy atom. The predicted molar refractivity (Wildman–Crippen MR) is 128 cm³/mol. The summed E-state index contributed by atoms with van der Waals surface area (Å²) >= 11 is 0. The summed E-state index contributed by atoms with van der Waals surface area (Å²) in [7, 11) is 0. The first-order valence-corrected chi connectivity index (χ1v) is 13.4. The highest BCUT2D eigenvalue weighted by molar-refractivity contribution is 5.81. The Morgan fingerprint density at radius 3 is 1.58 bits per heavy atom. The number of unbranched alkanes of at least 4 members (excludes halogenated alkanes) is 13. The van der Waals surface area contributed by atoms with Crippen LogP contribution in [0.15, 0.2) is 0 Å². The second-order valence-corrected chi connectivity index (χ2v) is 10.1. The van der Waals surface area contributed by atoms with E-state index in [0.29, 0.717) is 19.4 Å². The second-order valence-electron chi connectivity index (χ2n) is 10.1. The molecule has 0 bridgehead atoms. The lowest BCUT2D eigenvalue weighted by molar-refractivity contribution is -0.159. The van der Waals surface area contributed by atoms with Gasteiger partial charge in [0.25, 0.3) is 0 Å². The Hall–Kier alpha value is -1.06. The molecule has 0 aliphatic heterocycles. The minimum Gasteiger partial charge on any atom is -0.481 e. The number of carboxylic acid groups (broad SMARTS) is 1. The number of ether oxygens (including phenoxy) is 1. The lowest BCUT2D eigenvalue weighted by Gasteiger charge is -2.26. The van der Waals surface area contributed by atoms with Gasteiger partial charge in [0.05, 0.1) is 18.4 Å². The Labute approximate surface area is 191 Å². The summed E-state index contributed by atoms with van der Waals surface area (Å²) in [6, 6.07) is 0. The molecule has 0 aromatic carbocycles. The van der Waals surface area contributed by atoms with Crippen LogP contribution in [0.4, 0.5) is 0 Å². The monoisotopic (exact) mass is 438 g/mol. The third kappa shape index (κ3) is 14.6. The van der Waals surface area contributed by atoms with Crippen LogP contribution in [0.2, 0.25) is 0 Å². The molecule has 0 saturated heterocycles. The van der Waals surface area contributed by atoms with E-state index < -0.39 is 17.8 Å². The van der Waals surface area contributed by atoms with E-state index in [9.17, 15) is 14.7 Å². The molecule has 182 valence electrons. The highest BCUT2D eigenvalue weighted by Gasteiger charge is 2.36. The number of rotatable bonds is 19. The molecule has 1 saturated carbocycles. The second kappa shape index (κ2) is 18.5. The summed E-state index contributed by atoms with van der Waals surface area (Å²) in [6.45, 7) is 5.07. The summed E-state index contributed by atoms with van der Waals surface area (Å²) < 4.78 is 5.38. The van der Waals surface area contributed by atoms with Crippen molar-refractivity contribution in [1.29, 1.82) is 0 Å². The van der Waals surface area contributed by atoms with Crippen LogP contribution in [0.3, 0.4) is 0 Å². The average Bonchev–Trinajstić information content (AvgIpc) is 2.75. The largest absolute Gasteiger partial charge is 0.481 e. The SMILES string of the molecule is CC(C)CCCCCCCCCCCCCCCCOC(=O)C1CCCCC1C(=O)O. The van der Waals surface area contributed by atoms with Crippen LogP contribution in [0, 0.1) is 17.8 Å².